The van der Waals surface area contributed by atoms with Gasteiger partial charge in [0.2, 0.25) is 15.9 Å². The summed E-state index contributed by atoms with van der Waals surface area (Å²) in [4.78, 5) is 11.5. The lowest BCUT2D eigenvalue weighted by Gasteiger charge is -2.33. The van der Waals surface area contributed by atoms with Crippen LogP contribution in [0.5, 0.6) is 0 Å². The summed E-state index contributed by atoms with van der Waals surface area (Å²) in [6.07, 6.45) is 0. The van der Waals surface area contributed by atoms with Crippen LogP contribution in [0.1, 0.15) is 0 Å². The van der Waals surface area contributed by atoms with Crippen LogP contribution in [-0.2, 0) is 14.8 Å². The standard InChI is InChI=1S/C11H15N3O3S/c12-11(15)10-8-13-6-7-14(10)18(16,17)9-4-2-1-3-5-9/h1-5,10,13H,6-8H2,(H2,12,15). The number of nitrogens with two attached hydrogens (primary N) is 1. The number of nitrogens with zero attached hydrogens (tertiary/aromatic N) is 1. The lowest BCUT2D eigenvalue weighted by atomic mass is 10.2. The highest BCUT2D eigenvalue weighted by Gasteiger charge is 2.36. The molecule has 6 nitrogen and oxygen atoms in total. The fourth-order valence-corrected chi connectivity index (χ4v) is 3.56. The quantitative estimate of drug-likeness (QED) is 0.746. The lowest BCUT2D eigenvalue weighted by molar-refractivity contribution is -0.122. The Hall–Kier alpha value is -1.44. The van der Waals surface area contributed by atoms with E-state index in [0.29, 0.717) is 6.54 Å². The number of hydrogen-bond acceptors (Lipinski definition) is 4. The van der Waals surface area contributed by atoms with Crippen molar-refractivity contribution in [2.75, 3.05) is 19.6 Å². The molecule has 1 unspecified atom stereocenters. The van der Waals surface area contributed by atoms with Crippen LogP contribution in [0.4, 0.5) is 0 Å². The number of hydrogen-bond donors (Lipinski definition) is 2. The van der Waals surface area contributed by atoms with Gasteiger partial charge < -0.3 is 11.1 Å². The number of primary amides is 1. The van der Waals surface area contributed by atoms with Gasteiger partial charge in [0.1, 0.15) is 6.04 Å². The zero-order valence-electron chi connectivity index (χ0n) is 9.74. The molecule has 3 N–H and O–H groups in total. The van der Waals surface area contributed by atoms with E-state index < -0.39 is 22.0 Å². The minimum absolute atomic E-state index is 0.179. The minimum atomic E-state index is -3.66. The fourth-order valence-electron chi connectivity index (χ4n) is 1.94. The monoisotopic (exact) mass is 269 g/mol. The average Bonchev–Trinajstić information content (AvgIpc) is 2.39. The second-order valence-electron chi connectivity index (χ2n) is 4.05. The Bertz CT molecular complexity index is 530. The molecule has 1 aromatic rings. The maximum absolute atomic E-state index is 12.4. The molecule has 1 aromatic carbocycles. The third-order valence-electron chi connectivity index (χ3n) is 2.87. The van der Waals surface area contributed by atoms with E-state index in [1.54, 1.807) is 18.2 Å². The molecule has 18 heavy (non-hydrogen) atoms. The van der Waals surface area contributed by atoms with Crippen LogP contribution >= 0.6 is 0 Å². The first-order valence-corrected chi connectivity index (χ1v) is 7.04. The van der Waals surface area contributed by atoms with Crippen molar-refractivity contribution in [2.45, 2.75) is 10.9 Å². The third-order valence-corrected chi connectivity index (χ3v) is 4.79. The molecule has 0 aliphatic carbocycles. The van der Waals surface area contributed by atoms with Gasteiger partial charge in [0.05, 0.1) is 4.90 Å². The zero-order chi connectivity index (χ0) is 13.2. The molecule has 1 fully saturated rings. The molecule has 0 aromatic heterocycles. The topological polar surface area (TPSA) is 92.5 Å². The van der Waals surface area contributed by atoms with Crippen molar-refractivity contribution in [2.24, 2.45) is 5.73 Å². The summed E-state index contributed by atoms with van der Waals surface area (Å²) in [5.74, 6) is -0.637. The van der Waals surface area contributed by atoms with E-state index in [-0.39, 0.29) is 18.0 Å². The normalized spacial score (nSPS) is 21.7. The van der Waals surface area contributed by atoms with Crippen molar-refractivity contribution in [1.82, 2.24) is 9.62 Å². The first-order valence-electron chi connectivity index (χ1n) is 5.60. The highest BCUT2D eigenvalue weighted by Crippen LogP contribution is 2.18. The molecule has 1 saturated heterocycles. The summed E-state index contributed by atoms with van der Waals surface area (Å²) >= 11 is 0. The van der Waals surface area contributed by atoms with E-state index in [4.69, 9.17) is 5.73 Å². The summed E-state index contributed by atoms with van der Waals surface area (Å²) in [7, 11) is -3.66. The number of carbonyl (C=O) groups is 1. The van der Waals surface area contributed by atoms with Crippen molar-refractivity contribution in [1.29, 1.82) is 0 Å². The fraction of sp³-hybridized carbons (Fsp3) is 0.364. The van der Waals surface area contributed by atoms with Gasteiger partial charge in [-0.25, -0.2) is 8.42 Å². The minimum Gasteiger partial charge on any atom is -0.368 e. The van der Waals surface area contributed by atoms with Crippen LogP contribution in [0, 0.1) is 0 Å². The first-order chi connectivity index (χ1) is 8.53. The van der Waals surface area contributed by atoms with E-state index in [2.05, 4.69) is 5.32 Å². The van der Waals surface area contributed by atoms with Crippen LogP contribution in [-0.4, -0.2) is 44.3 Å². The van der Waals surface area contributed by atoms with Crippen molar-refractivity contribution in [3.63, 3.8) is 0 Å². The van der Waals surface area contributed by atoms with Gasteiger partial charge in [-0.15, -0.1) is 0 Å². The highest BCUT2D eigenvalue weighted by atomic mass is 32.2. The van der Waals surface area contributed by atoms with E-state index >= 15 is 0 Å². The van der Waals surface area contributed by atoms with Gasteiger partial charge in [-0.1, -0.05) is 18.2 Å². The average molecular weight is 269 g/mol. The van der Waals surface area contributed by atoms with Crippen molar-refractivity contribution in [3.8, 4) is 0 Å². The Balaban J connectivity index is 2.36. The highest BCUT2D eigenvalue weighted by molar-refractivity contribution is 7.89. The lowest BCUT2D eigenvalue weighted by Crippen LogP contribution is -2.58. The van der Waals surface area contributed by atoms with Gasteiger partial charge in [0.15, 0.2) is 0 Å². The molecule has 0 saturated carbocycles. The second kappa shape index (κ2) is 5.05. The SMILES string of the molecule is NC(=O)C1CNCCN1S(=O)(=O)c1ccccc1. The molecule has 7 heteroatoms. The molecular weight excluding hydrogens is 254 g/mol. The van der Waals surface area contributed by atoms with Crippen LogP contribution < -0.4 is 11.1 Å². The van der Waals surface area contributed by atoms with Crippen LogP contribution in [0.2, 0.25) is 0 Å². The maximum atomic E-state index is 12.4. The van der Waals surface area contributed by atoms with E-state index in [9.17, 15) is 13.2 Å². The number of sulfonamides is 1. The number of piperazine rings is 1. The van der Waals surface area contributed by atoms with Gasteiger partial charge in [0, 0.05) is 19.6 Å². The van der Waals surface area contributed by atoms with Crippen LogP contribution in [0.3, 0.4) is 0 Å². The van der Waals surface area contributed by atoms with E-state index in [1.165, 1.54) is 16.4 Å². The summed E-state index contributed by atoms with van der Waals surface area (Å²) < 4.78 is 26.0. The van der Waals surface area contributed by atoms with Crippen LogP contribution in [0.25, 0.3) is 0 Å². The summed E-state index contributed by atoms with van der Waals surface area (Å²) in [6, 6.07) is 7.22. The Kier molecular flexibility index (Phi) is 3.65. The number of rotatable bonds is 3. The number of nitrogens with one attached hydrogen (secondary N) is 1. The summed E-state index contributed by atoms with van der Waals surface area (Å²) in [5, 5.41) is 2.96. The first kappa shape index (κ1) is 13.0. The van der Waals surface area contributed by atoms with Gasteiger partial charge >= 0.3 is 0 Å². The number of amides is 1. The van der Waals surface area contributed by atoms with Gasteiger partial charge in [-0.3, -0.25) is 4.79 Å². The third kappa shape index (κ3) is 2.38. The maximum Gasteiger partial charge on any atom is 0.243 e. The van der Waals surface area contributed by atoms with Gasteiger partial charge in [0.25, 0.3) is 0 Å². The Morgan fingerprint density at radius 2 is 2.00 bits per heavy atom. The molecule has 2 rings (SSSR count). The Labute approximate surface area is 106 Å². The number of carbonyl (C=O) groups excluding carboxylic acids is 1. The smallest absolute Gasteiger partial charge is 0.243 e. The Morgan fingerprint density at radius 3 is 2.61 bits per heavy atom. The zero-order valence-corrected chi connectivity index (χ0v) is 10.6. The van der Waals surface area contributed by atoms with Crippen molar-refractivity contribution >= 4 is 15.9 Å². The van der Waals surface area contributed by atoms with E-state index in [1.807, 2.05) is 0 Å². The van der Waals surface area contributed by atoms with Crippen LogP contribution in [0.15, 0.2) is 35.2 Å². The molecule has 1 amide bonds. The van der Waals surface area contributed by atoms with Gasteiger partial charge in [-0.05, 0) is 12.1 Å². The summed E-state index contributed by atoms with van der Waals surface area (Å²) in [5.41, 5.74) is 5.25. The van der Waals surface area contributed by atoms with Crippen molar-refractivity contribution < 1.29 is 13.2 Å². The van der Waals surface area contributed by atoms with Gasteiger partial charge in [-0.2, -0.15) is 4.31 Å². The predicted molar refractivity (Wildman–Crippen MR) is 66.2 cm³/mol. The molecule has 1 aliphatic heterocycles. The van der Waals surface area contributed by atoms with Crippen molar-refractivity contribution in [3.05, 3.63) is 30.3 Å². The van der Waals surface area contributed by atoms with E-state index in [0.717, 1.165) is 0 Å². The largest absolute Gasteiger partial charge is 0.368 e. The molecule has 1 atom stereocenters. The molecular formula is C11H15N3O3S. The summed E-state index contributed by atoms with van der Waals surface area (Å²) in [6.45, 7) is 1.00. The molecule has 0 spiro atoms. The molecule has 1 heterocycles. The molecule has 0 bridgehead atoms. The molecule has 0 radical (unpaired) electrons. The molecule has 98 valence electrons. The second-order valence-corrected chi connectivity index (χ2v) is 5.94. The predicted octanol–water partition coefficient (Wildman–Crippen LogP) is -0.866. The number of benzene rings is 1. The Morgan fingerprint density at radius 1 is 1.33 bits per heavy atom. The molecule has 1 aliphatic rings.